The Morgan fingerprint density at radius 3 is 2.08 bits per heavy atom. The molecule has 2 nitrogen and oxygen atoms in total. The van der Waals surface area contributed by atoms with Crippen LogP contribution in [-0.2, 0) is 10.8 Å². The molecule has 134 valence electrons. The number of hydrogen-bond acceptors (Lipinski definition) is 2. The van der Waals surface area contributed by atoms with E-state index >= 15 is 0 Å². The van der Waals surface area contributed by atoms with Gasteiger partial charge in [-0.1, -0.05) is 65.8 Å². The zero-order chi connectivity index (χ0) is 18.6. The molecule has 3 rings (SSSR count). The zero-order valence-corrected chi connectivity index (χ0v) is 15.9. The number of aromatic hydroxyl groups is 1. The smallest absolute Gasteiger partial charge is 0.165 e. The first-order valence-corrected chi connectivity index (χ1v) is 8.79. The number of benzene rings is 2. The van der Waals surface area contributed by atoms with Crippen LogP contribution in [0.25, 0.3) is 0 Å². The van der Waals surface area contributed by atoms with Gasteiger partial charge in [0, 0.05) is 11.5 Å². The van der Waals surface area contributed by atoms with Crippen molar-refractivity contribution in [2.75, 3.05) is 6.61 Å². The predicted octanol–water partition coefficient (Wildman–Crippen LogP) is 5.65. The maximum Gasteiger partial charge on any atom is 0.165 e. The van der Waals surface area contributed by atoms with Crippen LogP contribution in [0.1, 0.15) is 69.7 Å². The van der Waals surface area contributed by atoms with Crippen LogP contribution in [0.4, 0.5) is 4.39 Å². The first-order chi connectivity index (χ1) is 11.5. The number of phenols is 1. The zero-order valence-electron chi connectivity index (χ0n) is 15.9. The first kappa shape index (κ1) is 17.8. The van der Waals surface area contributed by atoms with E-state index in [1.165, 1.54) is 6.07 Å². The number of hydrogen-bond donors (Lipinski definition) is 1. The summed E-state index contributed by atoms with van der Waals surface area (Å²) in [5.41, 5.74) is 3.40. The van der Waals surface area contributed by atoms with Gasteiger partial charge in [-0.3, -0.25) is 0 Å². The Hall–Kier alpha value is -2.03. The molecule has 1 atom stereocenters. The third kappa shape index (κ3) is 3.12. The molecule has 2 aromatic rings. The summed E-state index contributed by atoms with van der Waals surface area (Å²) >= 11 is 0. The molecule has 0 radical (unpaired) electrons. The van der Waals surface area contributed by atoms with Crippen LogP contribution in [0.15, 0.2) is 30.3 Å². The Morgan fingerprint density at radius 1 is 1.00 bits per heavy atom. The third-order valence-electron chi connectivity index (χ3n) is 4.92. The minimum atomic E-state index is -0.314. The van der Waals surface area contributed by atoms with Crippen LogP contribution in [0.5, 0.6) is 11.5 Å². The summed E-state index contributed by atoms with van der Waals surface area (Å²) in [7, 11) is 0. The minimum Gasteiger partial charge on any atom is -0.507 e. The molecular formula is C22H27FO2. The summed E-state index contributed by atoms with van der Waals surface area (Å²) in [6.07, 6.45) is 0. The highest BCUT2D eigenvalue weighted by Gasteiger charge is 2.32. The van der Waals surface area contributed by atoms with Crippen LogP contribution < -0.4 is 4.74 Å². The molecule has 0 aromatic heterocycles. The second-order valence-corrected chi connectivity index (χ2v) is 8.99. The Labute approximate surface area is 149 Å². The summed E-state index contributed by atoms with van der Waals surface area (Å²) in [5.74, 6) is 0.386. The molecule has 0 aliphatic carbocycles. The second-order valence-electron chi connectivity index (χ2n) is 8.99. The molecule has 0 spiro atoms. The lowest BCUT2D eigenvalue weighted by molar-refractivity contribution is 0.327. The molecule has 0 saturated heterocycles. The van der Waals surface area contributed by atoms with E-state index in [4.69, 9.17) is 4.74 Å². The van der Waals surface area contributed by atoms with Crippen molar-refractivity contribution in [3.63, 3.8) is 0 Å². The Balaban J connectivity index is 2.21. The Bertz CT molecular complexity index is 775. The standard InChI is InChI=1S/C22H27FO2/c1-21(2,3)16-10-13(11-17(19(16)24)22(4,5)6)15-12-25-20-14(15)8-7-9-18(20)23/h7-11,15,24H,12H2,1-6H3/t15-/m0/s1. The number of fused-ring (bicyclic) bond motifs is 1. The molecular weight excluding hydrogens is 315 g/mol. The van der Waals surface area contributed by atoms with Crippen molar-refractivity contribution < 1.29 is 14.2 Å². The lowest BCUT2D eigenvalue weighted by atomic mass is 9.76. The third-order valence-corrected chi connectivity index (χ3v) is 4.92. The normalized spacial score (nSPS) is 17.3. The van der Waals surface area contributed by atoms with E-state index in [-0.39, 0.29) is 22.6 Å². The summed E-state index contributed by atoms with van der Waals surface area (Å²) < 4.78 is 19.7. The first-order valence-electron chi connectivity index (χ1n) is 8.79. The van der Waals surface area contributed by atoms with Crippen LogP contribution in [-0.4, -0.2) is 11.7 Å². The van der Waals surface area contributed by atoms with Crippen molar-refractivity contribution in [1.29, 1.82) is 0 Å². The highest BCUT2D eigenvalue weighted by Crippen LogP contribution is 2.45. The van der Waals surface area contributed by atoms with Gasteiger partial charge >= 0.3 is 0 Å². The fraction of sp³-hybridized carbons (Fsp3) is 0.455. The maximum atomic E-state index is 14.0. The number of ether oxygens (including phenoxy) is 1. The minimum absolute atomic E-state index is 0.0199. The van der Waals surface area contributed by atoms with Crippen molar-refractivity contribution in [1.82, 2.24) is 0 Å². The summed E-state index contributed by atoms with van der Waals surface area (Å²) in [5, 5.41) is 10.9. The van der Waals surface area contributed by atoms with E-state index < -0.39 is 0 Å². The monoisotopic (exact) mass is 342 g/mol. The van der Waals surface area contributed by atoms with Crippen LogP contribution in [0.3, 0.4) is 0 Å². The molecule has 1 aliphatic heterocycles. The molecule has 1 heterocycles. The van der Waals surface area contributed by atoms with Crippen molar-refractivity contribution >= 4 is 0 Å². The fourth-order valence-corrected chi connectivity index (χ4v) is 3.49. The molecule has 0 fully saturated rings. The van der Waals surface area contributed by atoms with Crippen LogP contribution in [0.2, 0.25) is 0 Å². The van der Waals surface area contributed by atoms with Crippen molar-refractivity contribution in [2.24, 2.45) is 0 Å². The summed E-state index contributed by atoms with van der Waals surface area (Å²) in [4.78, 5) is 0. The van der Waals surface area contributed by atoms with E-state index in [9.17, 15) is 9.50 Å². The largest absolute Gasteiger partial charge is 0.507 e. The fourth-order valence-electron chi connectivity index (χ4n) is 3.49. The predicted molar refractivity (Wildman–Crippen MR) is 99.2 cm³/mol. The summed E-state index contributed by atoms with van der Waals surface area (Å²) in [6, 6.07) is 9.19. The van der Waals surface area contributed by atoms with Gasteiger partial charge in [-0.15, -0.1) is 0 Å². The average Bonchev–Trinajstić information content (AvgIpc) is 2.90. The summed E-state index contributed by atoms with van der Waals surface area (Å²) in [6.45, 7) is 13.0. The quantitative estimate of drug-likeness (QED) is 0.725. The lowest BCUT2D eigenvalue weighted by Gasteiger charge is -2.29. The van der Waals surface area contributed by atoms with Gasteiger partial charge in [0.25, 0.3) is 0 Å². The topological polar surface area (TPSA) is 29.5 Å². The molecule has 0 bridgehead atoms. The van der Waals surface area contributed by atoms with Gasteiger partial charge in [0.1, 0.15) is 5.75 Å². The second kappa shape index (κ2) is 5.76. The molecule has 0 saturated carbocycles. The number of rotatable bonds is 1. The molecule has 0 unspecified atom stereocenters. The van der Waals surface area contributed by atoms with Gasteiger partial charge < -0.3 is 9.84 Å². The maximum absolute atomic E-state index is 14.0. The molecule has 1 aliphatic rings. The molecule has 1 N–H and O–H groups in total. The van der Waals surface area contributed by atoms with Gasteiger partial charge in [-0.25, -0.2) is 4.39 Å². The van der Waals surface area contributed by atoms with Gasteiger partial charge in [0.15, 0.2) is 11.6 Å². The van der Waals surface area contributed by atoms with E-state index in [0.717, 1.165) is 22.3 Å². The molecule has 0 amide bonds. The van der Waals surface area contributed by atoms with E-state index in [1.807, 2.05) is 6.07 Å². The Morgan fingerprint density at radius 2 is 1.56 bits per heavy atom. The number of phenolic OH excluding ortho intramolecular Hbond substituents is 1. The lowest BCUT2D eigenvalue weighted by Crippen LogP contribution is -2.19. The van der Waals surface area contributed by atoms with Crippen molar-refractivity contribution in [3.05, 3.63) is 58.4 Å². The van der Waals surface area contributed by atoms with E-state index in [1.54, 1.807) is 6.07 Å². The number of para-hydroxylation sites is 1. The van der Waals surface area contributed by atoms with Crippen LogP contribution >= 0.6 is 0 Å². The van der Waals surface area contributed by atoms with Gasteiger partial charge in [-0.05, 0) is 33.6 Å². The molecule has 3 heteroatoms. The van der Waals surface area contributed by atoms with E-state index in [2.05, 4.69) is 53.7 Å². The van der Waals surface area contributed by atoms with Crippen molar-refractivity contribution in [3.8, 4) is 11.5 Å². The SMILES string of the molecule is CC(C)(C)c1cc([C@@H]2COc3c(F)cccc32)cc(C(C)(C)C)c1O. The highest BCUT2D eigenvalue weighted by molar-refractivity contribution is 5.54. The van der Waals surface area contributed by atoms with Gasteiger partial charge in [0.2, 0.25) is 0 Å². The van der Waals surface area contributed by atoms with Crippen LogP contribution in [0, 0.1) is 5.82 Å². The average molecular weight is 342 g/mol. The van der Waals surface area contributed by atoms with Gasteiger partial charge in [-0.2, -0.15) is 0 Å². The number of halogens is 1. The van der Waals surface area contributed by atoms with Crippen molar-refractivity contribution in [2.45, 2.75) is 58.3 Å². The highest BCUT2D eigenvalue weighted by atomic mass is 19.1. The van der Waals surface area contributed by atoms with E-state index in [0.29, 0.717) is 18.1 Å². The van der Waals surface area contributed by atoms with Gasteiger partial charge in [0.05, 0.1) is 6.61 Å². The molecule has 2 aromatic carbocycles. The Kier molecular flexibility index (Phi) is 4.09. The molecule has 25 heavy (non-hydrogen) atoms.